The standard InChI is InChI=1S/C33H36F3N7O4/c1-41(2)31(45)28(18-22-5-4-6-25(17-22)46-20-21-7-10-24(11-8-21)47-33(34,35)36)38-30(44)23-9-12-26-27(19-23)39-32(37)40-29(26)43-15-13-42(3)14-16-43/h4-12,17,19,28H,13-16,18,20H2,1-3H3,(H,38,44)(H2,37,39,40). The molecule has 1 fully saturated rings. The number of nitrogens with two attached hydrogens (primary N) is 1. The van der Waals surface area contributed by atoms with Gasteiger partial charge in [-0.25, -0.2) is 4.98 Å². The molecule has 0 spiro atoms. The molecule has 14 heteroatoms. The zero-order valence-electron chi connectivity index (χ0n) is 26.3. The van der Waals surface area contributed by atoms with Gasteiger partial charge in [0.25, 0.3) is 5.91 Å². The van der Waals surface area contributed by atoms with Crippen molar-refractivity contribution in [3.8, 4) is 11.5 Å². The fraction of sp³-hybridized carbons (Fsp3) is 0.333. The summed E-state index contributed by atoms with van der Waals surface area (Å²) >= 11 is 0. The van der Waals surface area contributed by atoms with Gasteiger partial charge in [0.05, 0.1) is 5.52 Å². The molecule has 5 rings (SSSR count). The molecule has 3 N–H and O–H groups in total. The Morgan fingerprint density at radius 3 is 2.36 bits per heavy atom. The molecule has 3 aromatic carbocycles. The summed E-state index contributed by atoms with van der Waals surface area (Å²) in [5, 5.41) is 3.65. The number of benzene rings is 3. The lowest BCUT2D eigenvalue weighted by Crippen LogP contribution is -2.47. The first kappa shape index (κ1) is 33.3. The van der Waals surface area contributed by atoms with Gasteiger partial charge in [0.1, 0.15) is 30.0 Å². The lowest BCUT2D eigenvalue weighted by molar-refractivity contribution is -0.274. The lowest BCUT2D eigenvalue weighted by atomic mass is 10.0. The number of anilines is 2. The van der Waals surface area contributed by atoms with Crippen LogP contribution in [0.5, 0.6) is 11.5 Å². The molecule has 1 atom stereocenters. The Labute approximate surface area is 270 Å². The summed E-state index contributed by atoms with van der Waals surface area (Å²) in [6.45, 7) is 3.46. The summed E-state index contributed by atoms with van der Waals surface area (Å²) in [6.07, 6.45) is -4.59. The van der Waals surface area contributed by atoms with E-state index in [1.807, 2.05) is 6.07 Å². The van der Waals surface area contributed by atoms with Crippen LogP contribution in [-0.4, -0.2) is 91.3 Å². The predicted molar refractivity (Wildman–Crippen MR) is 171 cm³/mol. The number of nitrogens with zero attached hydrogens (tertiary/aromatic N) is 5. The van der Waals surface area contributed by atoms with Crippen LogP contribution in [0.25, 0.3) is 10.9 Å². The molecule has 1 unspecified atom stereocenters. The summed E-state index contributed by atoms with van der Waals surface area (Å²) in [5.41, 5.74) is 8.27. The van der Waals surface area contributed by atoms with Gasteiger partial charge in [0.15, 0.2) is 0 Å². The number of hydrogen-bond acceptors (Lipinski definition) is 9. The van der Waals surface area contributed by atoms with E-state index in [1.54, 1.807) is 50.5 Å². The highest BCUT2D eigenvalue weighted by Crippen LogP contribution is 2.27. The van der Waals surface area contributed by atoms with Crippen molar-refractivity contribution in [2.75, 3.05) is 58.0 Å². The number of amides is 2. The number of alkyl halides is 3. The largest absolute Gasteiger partial charge is 0.573 e. The minimum Gasteiger partial charge on any atom is -0.489 e. The number of hydrogen-bond donors (Lipinski definition) is 2. The van der Waals surface area contributed by atoms with Crippen LogP contribution < -0.4 is 25.4 Å². The number of nitrogens with one attached hydrogen (secondary N) is 1. The third kappa shape index (κ3) is 8.79. The van der Waals surface area contributed by atoms with Crippen LogP contribution in [-0.2, 0) is 17.8 Å². The van der Waals surface area contributed by atoms with Gasteiger partial charge in [0, 0.05) is 57.6 Å². The average Bonchev–Trinajstić information content (AvgIpc) is 3.03. The Kier molecular flexibility index (Phi) is 9.99. The zero-order valence-corrected chi connectivity index (χ0v) is 26.3. The van der Waals surface area contributed by atoms with Crippen molar-refractivity contribution in [1.82, 2.24) is 25.1 Å². The van der Waals surface area contributed by atoms with Crippen LogP contribution in [0.3, 0.4) is 0 Å². The highest BCUT2D eigenvalue weighted by molar-refractivity contribution is 6.02. The minimum atomic E-state index is -4.77. The van der Waals surface area contributed by atoms with Gasteiger partial charge in [-0.05, 0) is 60.6 Å². The quantitative estimate of drug-likeness (QED) is 0.263. The Bertz CT molecular complexity index is 1730. The second-order valence-corrected chi connectivity index (χ2v) is 11.5. The Morgan fingerprint density at radius 1 is 0.957 bits per heavy atom. The van der Waals surface area contributed by atoms with Crippen LogP contribution in [0.2, 0.25) is 0 Å². The number of nitrogen functional groups attached to an aromatic ring is 1. The molecular formula is C33H36F3N7O4. The maximum Gasteiger partial charge on any atom is 0.573 e. The number of ether oxygens (including phenoxy) is 2. The number of aromatic nitrogens is 2. The second kappa shape index (κ2) is 14.1. The molecule has 248 valence electrons. The Hall–Kier alpha value is -5.11. The Morgan fingerprint density at radius 2 is 1.68 bits per heavy atom. The molecule has 0 radical (unpaired) electrons. The Balaban J connectivity index is 1.28. The average molecular weight is 652 g/mol. The van der Waals surface area contributed by atoms with Crippen LogP contribution in [0.1, 0.15) is 21.5 Å². The van der Waals surface area contributed by atoms with Crippen LogP contribution in [0.15, 0.2) is 66.7 Å². The van der Waals surface area contributed by atoms with E-state index in [4.69, 9.17) is 10.5 Å². The normalized spacial score (nSPS) is 14.5. The molecule has 2 amide bonds. The van der Waals surface area contributed by atoms with Crippen molar-refractivity contribution in [1.29, 1.82) is 0 Å². The van der Waals surface area contributed by atoms with E-state index in [0.29, 0.717) is 22.4 Å². The number of likely N-dealkylation sites (N-methyl/N-ethyl adjacent to an activating group) is 2. The van der Waals surface area contributed by atoms with Crippen molar-refractivity contribution in [3.05, 3.63) is 83.4 Å². The molecular weight excluding hydrogens is 615 g/mol. The monoisotopic (exact) mass is 651 g/mol. The van der Waals surface area contributed by atoms with Crippen molar-refractivity contribution in [2.45, 2.75) is 25.4 Å². The number of rotatable bonds is 10. The van der Waals surface area contributed by atoms with Gasteiger partial charge in [-0.1, -0.05) is 24.3 Å². The van der Waals surface area contributed by atoms with E-state index in [2.05, 4.69) is 36.9 Å². The SMILES string of the molecule is CN1CCN(c2nc(N)nc3cc(C(=O)NC(Cc4cccc(OCc5ccc(OC(F)(F)F)cc5)c4)C(=O)N(C)C)ccc23)CC1. The number of fused-ring (bicyclic) bond motifs is 1. The summed E-state index contributed by atoms with van der Waals surface area (Å²) in [7, 11) is 5.29. The number of carbonyl (C=O) groups is 2. The first-order valence-electron chi connectivity index (χ1n) is 14.9. The fourth-order valence-electron chi connectivity index (χ4n) is 5.24. The molecule has 47 heavy (non-hydrogen) atoms. The van der Waals surface area contributed by atoms with Crippen LogP contribution in [0, 0.1) is 0 Å². The molecule has 0 aliphatic carbocycles. The highest BCUT2D eigenvalue weighted by Gasteiger charge is 2.31. The number of carbonyl (C=O) groups excluding carboxylic acids is 2. The summed E-state index contributed by atoms with van der Waals surface area (Å²) in [5.74, 6) is 0.259. The lowest BCUT2D eigenvalue weighted by Gasteiger charge is -2.33. The molecule has 4 aromatic rings. The van der Waals surface area contributed by atoms with E-state index >= 15 is 0 Å². The van der Waals surface area contributed by atoms with Crippen molar-refractivity contribution < 1.29 is 32.2 Å². The van der Waals surface area contributed by atoms with Crippen molar-refractivity contribution in [2.24, 2.45) is 0 Å². The van der Waals surface area contributed by atoms with Gasteiger partial charge in [0.2, 0.25) is 11.9 Å². The predicted octanol–water partition coefficient (Wildman–Crippen LogP) is 3.87. The third-order valence-electron chi connectivity index (χ3n) is 7.70. The zero-order chi connectivity index (χ0) is 33.7. The molecule has 1 aliphatic rings. The molecule has 0 bridgehead atoms. The van der Waals surface area contributed by atoms with Gasteiger partial charge in [-0.3, -0.25) is 9.59 Å². The van der Waals surface area contributed by atoms with E-state index in [1.165, 1.54) is 29.2 Å². The first-order chi connectivity index (χ1) is 22.3. The molecule has 2 heterocycles. The van der Waals surface area contributed by atoms with Crippen LogP contribution in [0.4, 0.5) is 24.9 Å². The topological polar surface area (TPSA) is 126 Å². The van der Waals surface area contributed by atoms with Gasteiger partial charge in [-0.2, -0.15) is 4.98 Å². The van der Waals surface area contributed by atoms with Gasteiger partial charge in [-0.15, -0.1) is 13.2 Å². The summed E-state index contributed by atoms with van der Waals surface area (Å²) in [4.78, 5) is 41.3. The van der Waals surface area contributed by atoms with E-state index in [9.17, 15) is 22.8 Å². The molecule has 1 saturated heterocycles. The summed E-state index contributed by atoms with van der Waals surface area (Å²) in [6, 6.07) is 16.7. The maximum absolute atomic E-state index is 13.5. The van der Waals surface area contributed by atoms with Crippen LogP contribution >= 0.6 is 0 Å². The smallest absolute Gasteiger partial charge is 0.489 e. The third-order valence-corrected chi connectivity index (χ3v) is 7.70. The van der Waals surface area contributed by atoms with Gasteiger partial charge < -0.3 is 35.2 Å². The number of piperazine rings is 1. The minimum absolute atomic E-state index is 0.0963. The van der Waals surface area contributed by atoms with Crippen molar-refractivity contribution >= 4 is 34.5 Å². The second-order valence-electron chi connectivity index (χ2n) is 11.5. The van der Waals surface area contributed by atoms with E-state index < -0.39 is 18.3 Å². The van der Waals surface area contributed by atoms with Crippen molar-refractivity contribution in [3.63, 3.8) is 0 Å². The van der Waals surface area contributed by atoms with E-state index in [-0.39, 0.29) is 30.6 Å². The summed E-state index contributed by atoms with van der Waals surface area (Å²) < 4.78 is 47.1. The maximum atomic E-state index is 13.5. The molecule has 11 nitrogen and oxygen atoms in total. The van der Waals surface area contributed by atoms with E-state index in [0.717, 1.165) is 42.9 Å². The molecule has 1 aromatic heterocycles. The molecule has 1 aliphatic heterocycles. The first-order valence-corrected chi connectivity index (χ1v) is 14.9. The molecule has 0 saturated carbocycles. The van der Waals surface area contributed by atoms with Gasteiger partial charge >= 0.3 is 6.36 Å². The highest BCUT2D eigenvalue weighted by atomic mass is 19.4. The fourth-order valence-corrected chi connectivity index (χ4v) is 5.24. The number of halogens is 3.